The highest BCUT2D eigenvalue weighted by atomic mass is 16.3. The van der Waals surface area contributed by atoms with E-state index in [1.807, 2.05) is 6.92 Å². The molecule has 1 aliphatic rings. The van der Waals surface area contributed by atoms with E-state index >= 15 is 0 Å². The van der Waals surface area contributed by atoms with Crippen LogP contribution in [0, 0.1) is 0 Å². The zero-order valence-corrected chi connectivity index (χ0v) is 11.3. The molecule has 0 aliphatic carbocycles. The van der Waals surface area contributed by atoms with Crippen molar-refractivity contribution in [3.8, 4) is 0 Å². The Hall–Kier alpha value is -1.92. The van der Waals surface area contributed by atoms with Gasteiger partial charge in [0.25, 0.3) is 5.91 Å². The molecule has 108 valence electrons. The highest BCUT2D eigenvalue weighted by Gasteiger charge is 2.27. The predicted molar refractivity (Wildman–Crippen MR) is 75.5 cm³/mol. The normalized spacial score (nSPS) is 21.5. The average Bonchev–Trinajstić information content (AvgIpc) is 2.86. The molecular formula is C14H19N3O3. The van der Waals surface area contributed by atoms with Gasteiger partial charge in [-0.1, -0.05) is 0 Å². The first-order valence-electron chi connectivity index (χ1n) is 6.70. The van der Waals surface area contributed by atoms with Crippen LogP contribution < -0.4 is 16.0 Å². The van der Waals surface area contributed by atoms with Crippen LogP contribution in [0.15, 0.2) is 24.3 Å². The molecule has 1 heterocycles. The Morgan fingerprint density at radius 1 is 1.35 bits per heavy atom. The number of β-amino-alcohol motifs (C(OH)–C–C–N with tert-alkyl or cyclic N) is 1. The van der Waals surface area contributed by atoms with Gasteiger partial charge in [-0.15, -0.1) is 0 Å². The Labute approximate surface area is 117 Å². The number of hydrogen-bond acceptors (Lipinski definition) is 4. The lowest BCUT2D eigenvalue weighted by Crippen LogP contribution is -2.35. The summed E-state index contributed by atoms with van der Waals surface area (Å²) in [5, 5.41) is 17.8. The van der Waals surface area contributed by atoms with E-state index in [2.05, 4.69) is 16.0 Å². The van der Waals surface area contributed by atoms with Crippen molar-refractivity contribution in [1.29, 1.82) is 0 Å². The summed E-state index contributed by atoms with van der Waals surface area (Å²) in [5.74, 6) is -0.307. The molecule has 2 unspecified atom stereocenters. The van der Waals surface area contributed by atoms with E-state index in [-0.39, 0.29) is 17.9 Å². The lowest BCUT2D eigenvalue weighted by atomic mass is 10.1. The number of aliphatic hydroxyl groups is 1. The first kappa shape index (κ1) is 14.5. The fraction of sp³-hybridized carbons (Fsp3) is 0.429. The number of carbonyl (C=O) groups is 2. The third kappa shape index (κ3) is 3.55. The third-order valence-electron chi connectivity index (χ3n) is 3.18. The minimum atomic E-state index is -0.467. The van der Waals surface area contributed by atoms with E-state index in [9.17, 15) is 14.7 Å². The van der Waals surface area contributed by atoms with Gasteiger partial charge in [-0.05, 0) is 37.6 Å². The highest BCUT2D eigenvalue weighted by molar-refractivity contribution is 5.97. The molecule has 6 heteroatoms. The van der Waals surface area contributed by atoms with Crippen LogP contribution in [0.5, 0.6) is 0 Å². The number of rotatable bonds is 4. The number of amides is 2. The van der Waals surface area contributed by atoms with Crippen LogP contribution in [-0.2, 0) is 4.79 Å². The molecule has 2 rings (SSSR count). The second kappa shape index (κ2) is 6.49. The Bertz CT molecular complexity index is 487. The highest BCUT2D eigenvalue weighted by Crippen LogP contribution is 2.13. The Morgan fingerprint density at radius 3 is 2.60 bits per heavy atom. The van der Waals surface area contributed by atoms with E-state index in [1.54, 1.807) is 24.3 Å². The van der Waals surface area contributed by atoms with Crippen molar-refractivity contribution < 1.29 is 14.7 Å². The predicted octanol–water partition coefficient (Wildman–Crippen LogP) is 0.0976. The third-order valence-corrected chi connectivity index (χ3v) is 3.18. The van der Waals surface area contributed by atoms with Gasteiger partial charge >= 0.3 is 0 Å². The standard InChI is InChI=1S/C14H19N3O3/c1-2-15-13(19)9-3-5-10(6-4-9)17-14(20)12-7-11(18)8-16-12/h3-6,11-12,16,18H,2,7-8H2,1H3,(H,15,19)(H,17,20). The van der Waals surface area contributed by atoms with Gasteiger partial charge in [-0.3, -0.25) is 9.59 Å². The van der Waals surface area contributed by atoms with Crippen molar-refractivity contribution in [2.75, 3.05) is 18.4 Å². The number of carbonyl (C=O) groups excluding carboxylic acids is 2. The van der Waals surface area contributed by atoms with Crippen molar-refractivity contribution >= 4 is 17.5 Å². The van der Waals surface area contributed by atoms with Gasteiger partial charge in [0.15, 0.2) is 0 Å². The molecule has 0 saturated carbocycles. The molecule has 20 heavy (non-hydrogen) atoms. The molecule has 6 nitrogen and oxygen atoms in total. The van der Waals surface area contributed by atoms with E-state index in [0.29, 0.717) is 30.8 Å². The van der Waals surface area contributed by atoms with Gasteiger partial charge in [0, 0.05) is 24.3 Å². The fourth-order valence-electron chi connectivity index (χ4n) is 2.11. The first-order valence-corrected chi connectivity index (χ1v) is 6.70. The van der Waals surface area contributed by atoms with Crippen molar-refractivity contribution in [2.45, 2.75) is 25.5 Å². The Kier molecular flexibility index (Phi) is 4.70. The minimum Gasteiger partial charge on any atom is -0.392 e. The molecule has 1 aromatic rings. The quantitative estimate of drug-likeness (QED) is 0.628. The van der Waals surface area contributed by atoms with Gasteiger partial charge in [0.2, 0.25) is 5.91 Å². The summed E-state index contributed by atoms with van der Waals surface area (Å²) in [5.41, 5.74) is 1.19. The topological polar surface area (TPSA) is 90.5 Å². The van der Waals surface area contributed by atoms with Crippen LogP contribution in [-0.4, -0.2) is 42.2 Å². The summed E-state index contributed by atoms with van der Waals surface area (Å²) in [6.07, 6.45) is -0.0473. The zero-order chi connectivity index (χ0) is 14.5. The van der Waals surface area contributed by atoms with Gasteiger partial charge in [0.05, 0.1) is 12.1 Å². The SMILES string of the molecule is CCNC(=O)c1ccc(NC(=O)C2CC(O)CN2)cc1. The van der Waals surface area contributed by atoms with Crippen LogP contribution in [0.1, 0.15) is 23.7 Å². The summed E-state index contributed by atoms with van der Waals surface area (Å²) in [4.78, 5) is 23.5. The molecule has 0 aromatic heterocycles. The van der Waals surface area contributed by atoms with Crippen LogP contribution in [0.3, 0.4) is 0 Å². The average molecular weight is 277 g/mol. The van der Waals surface area contributed by atoms with Gasteiger partial charge in [-0.2, -0.15) is 0 Å². The summed E-state index contributed by atoms with van der Waals surface area (Å²) in [6, 6.07) is 6.34. The summed E-state index contributed by atoms with van der Waals surface area (Å²) in [6.45, 7) is 2.87. The molecule has 1 aliphatic heterocycles. The molecular weight excluding hydrogens is 258 g/mol. The van der Waals surface area contributed by atoms with E-state index in [1.165, 1.54) is 0 Å². The van der Waals surface area contributed by atoms with Gasteiger partial charge in [0.1, 0.15) is 0 Å². The van der Waals surface area contributed by atoms with Crippen LogP contribution in [0.25, 0.3) is 0 Å². The van der Waals surface area contributed by atoms with Crippen LogP contribution >= 0.6 is 0 Å². The van der Waals surface area contributed by atoms with Crippen LogP contribution in [0.4, 0.5) is 5.69 Å². The lowest BCUT2D eigenvalue weighted by Gasteiger charge is -2.11. The molecule has 1 aromatic carbocycles. The second-order valence-corrected chi connectivity index (χ2v) is 4.78. The minimum absolute atomic E-state index is 0.133. The molecule has 1 saturated heterocycles. The number of benzene rings is 1. The maximum Gasteiger partial charge on any atom is 0.251 e. The maximum atomic E-state index is 11.9. The van der Waals surface area contributed by atoms with Crippen molar-refractivity contribution in [3.05, 3.63) is 29.8 Å². The molecule has 0 spiro atoms. The van der Waals surface area contributed by atoms with Crippen LogP contribution in [0.2, 0.25) is 0 Å². The second-order valence-electron chi connectivity index (χ2n) is 4.78. The molecule has 0 bridgehead atoms. The van der Waals surface area contributed by atoms with Crippen molar-refractivity contribution in [2.24, 2.45) is 0 Å². The molecule has 1 fully saturated rings. The monoisotopic (exact) mass is 277 g/mol. The van der Waals surface area contributed by atoms with E-state index < -0.39 is 6.10 Å². The molecule has 2 amide bonds. The number of aliphatic hydroxyl groups excluding tert-OH is 1. The number of hydrogen-bond donors (Lipinski definition) is 4. The van der Waals surface area contributed by atoms with E-state index in [0.717, 1.165) is 0 Å². The van der Waals surface area contributed by atoms with E-state index in [4.69, 9.17) is 0 Å². The summed E-state index contributed by atoms with van der Waals surface area (Å²) >= 11 is 0. The Balaban J connectivity index is 1.93. The molecule has 2 atom stereocenters. The Morgan fingerprint density at radius 2 is 2.05 bits per heavy atom. The van der Waals surface area contributed by atoms with Gasteiger partial charge < -0.3 is 21.1 Å². The van der Waals surface area contributed by atoms with Crippen molar-refractivity contribution in [1.82, 2.24) is 10.6 Å². The fourth-order valence-corrected chi connectivity index (χ4v) is 2.11. The van der Waals surface area contributed by atoms with Crippen molar-refractivity contribution in [3.63, 3.8) is 0 Å². The first-order chi connectivity index (χ1) is 9.60. The summed E-state index contributed by atoms with van der Waals surface area (Å²) in [7, 11) is 0. The largest absolute Gasteiger partial charge is 0.392 e. The van der Waals surface area contributed by atoms with Gasteiger partial charge in [-0.25, -0.2) is 0 Å². The smallest absolute Gasteiger partial charge is 0.251 e. The number of anilines is 1. The molecule has 4 N–H and O–H groups in total. The molecule has 0 radical (unpaired) electrons. The zero-order valence-electron chi connectivity index (χ0n) is 11.3. The summed E-state index contributed by atoms with van der Waals surface area (Å²) < 4.78 is 0. The lowest BCUT2D eigenvalue weighted by molar-refractivity contribution is -0.117. The maximum absolute atomic E-state index is 11.9. The number of nitrogens with one attached hydrogen (secondary N) is 3.